The summed E-state index contributed by atoms with van der Waals surface area (Å²) < 4.78 is 24.0. The molecule has 0 spiro atoms. The lowest BCUT2D eigenvalue weighted by Gasteiger charge is -2.05. The summed E-state index contributed by atoms with van der Waals surface area (Å²) in [6.45, 7) is 3.46. The molecule has 0 radical (unpaired) electrons. The molecule has 0 fully saturated rings. The van der Waals surface area contributed by atoms with Gasteiger partial charge in [-0.25, -0.2) is 0 Å². The third kappa shape index (κ3) is 3.18. The average molecular weight is 290 g/mol. The van der Waals surface area contributed by atoms with Crippen LogP contribution in [0.3, 0.4) is 0 Å². The van der Waals surface area contributed by atoms with Crippen LogP contribution in [0.1, 0.15) is 18.3 Å². The summed E-state index contributed by atoms with van der Waals surface area (Å²) in [6.07, 6.45) is 3.10. The van der Waals surface area contributed by atoms with Crippen LogP contribution in [0.2, 0.25) is 0 Å². The molecule has 1 heterocycles. The molecular weight excluding hydrogens is 276 g/mol. The first-order chi connectivity index (χ1) is 9.50. The lowest BCUT2D eigenvalue weighted by molar-refractivity contribution is 0.584. The van der Waals surface area contributed by atoms with Crippen molar-refractivity contribution in [2.75, 3.05) is 0 Å². The summed E-state index contributed by atoms with van der Waals surface area (Å²) in [5, 5.41) is 3.88. The van der Waals surface area contributed by atoms with Gasteiger partial charge in [0.15, 0.2) is 0 Å². The predicted octanol–water partition coefficient (Wildman–Crippen LogP) is 1.49. The fourth-order valence-electron chi connectivity index (χ4n) is 1.60. The highest BCUT2D eigenvalue weighted by Gasteiger charge is 2.12. The van der Waals surface area contributed by atoms with Crippen molar-refractivity contribution >= 4 is 15.7 Å². The van der Waals surface area contributed by atoms with Gasteiger partial charge in [0.05, 0.1) is 16.3 Å². The van der Waals surface area contributed by atoms with E-state index in [4.69, 9.17) is 0 Å². The second-order valence-electron chi connectivity index (χ2n) is 4.10. The molecule has 104 valence electrons. The molecule has 0 bridgehead atoms. The minimum atomic E-state index is -3.66. The maximum absolute atomic E-state index is 12.0. The van der Waals surface area contributed by atoms with Crippen LogP contribution in [0.5, 0.6) is 0 Å². The van der Waals surface area contributed by atoms with Crippen LogP contribution in [-0.2, 0) is 10.0 Å². The third-order valence-corrected chi connectivity index (χ3v) is 3.84. The summed E-state index contributed by atoms with van der Waals surface area (Å²) in [6, 6.07) is 8.05. The highest BCUT2D eigenvalue weighted by atomic mass is 32.2. The van der Waals surface area contributed by atoms with Crippen molar-refractivity contribution < 1.29 is 8.42 Å². The van der Waals surface area contributed by atoms with Gasteiger partial charge in [0.25, 0.3) is 10.0 Å². The zero-order valence-electron chi connectivity index (χ0n) is 11.1. The fraction of sp³-hybridized carbons (Fsp3) is 0.154. The van der Waals surface area contributed by atoms with Gasteiger partial charge < -0.3 is 0 Å². The number of aromatic nitrogens is 2. The molecule has 0 amide bonds. The summed E-state index contributed by atoms with van der Waals surface area (Å²) in [5.41, 5.74) is 1.70. The first-order valence-electron chi connectivity index (χ1n) is 5.90. The number of nitrogens with one attached hydrogen (secondary N) is 1. The molecule has 1 aromatic carbocycles. The van der Waals surface area contributed by atoms with Crippen LogP contribution in [0.4, 0.5) is 0 Å². The molecule has 0 atom stereocenters. The SMILES string of the molecule is C/C(=N\NS(=O)(=O)c1ccccc1)c1nccnc1C. The van der Waals surface area contributed by atoms with Crippen LogP contribution in [0, 0.1) is 6.92 Å². The van der Waals surface area contributed by atoms with E-state index in [0.29, 0.717) is 17.1 Å². The molecule has 0 aliphatic carbocycles. The second kappa shape index (κ2) is 5.79. The van der Waals surface area contributed by atoms with E-state index < -0.39 is 10.0 Å². The summed E-state index contributed by atoms with van der Waals surface area (Å²) in [4.78, 5) is 10.6. The van der Waals surface area contributed by atoms with E-state index in [1.54, 1.807) is 38.2 Å². The molecule has 0 unspecified atom stereocenters. The Balaban J connectivity index is 2.23. The summed E-state index contributed by atoms with van der Waals surface area (Å²) >= 11 is 0. The second-order valence-corrected chi connectivity index (χ2v) is 5.76. The first-order valence-corrected chi connectivity index (χ1v) is 7.38. The molecule has 2 rings (SSSR count). The standard InChI is InChI=1S/C13H14N4O2S/c1-10-13(15-9-8-14-10)11(2)16-17-20(18,19)12-6-4-3-5-7-12/h3-9,17H,1-2H3/b16-11+. The zero-order chi connectivity index (χ0) is 14.6. The average Bonchev–Trinajstić information content (AvgIpc) is 2.46. The number of nitrogens with zero attached hydrogens (tertiary/aromatic N) is 3. The third-order valence-electron chi connectivity index (χ3n) is 2.61. The number of hydrogen-bond donors (Lipinski definition) is 1. The molecule has 2 aromatic rings. The Morgan fingerprint density at radius 1 is 1.15 bits per heavy atom. The minimum Gasteiger partial charge on any atom is -0.258 e. The molecule has 0 saturated carbocycles. The van der Waals surface area contributed by atoms with Crippen molar-refractivity contribution in [1.29, 1.82) is 0 Å². The van der Waals surface area contributed by atoms with Crippen molar-refractivity contribution in [3.63, 3.8) is 0 Å². The van der Waals surface area contributed by atoms with Crippen LogP contribution < -0.4 is 4.83 Å². The van der Waals surface area contributed by atoms with Gasteiger partial charge in [-0.1, -0.05) is 18.2 Å². The highest BCUT2D eigenvalue weighted by Crippen LogP contribution is 2.07. The molecule has 0 aliphatic rings. The molecule has 20 heavy (non-hydrogen) atoms. The van der Waals surface area contributed by atoms with E-state index in [2.05, 4.69) is 19.9 Å². The van der Waals surface area contributed by atoms with E-state index in [0.717, 1.165) is 0 Å². The van der Waals surface area contributed by atoms with Gasteiger partial charge in [-0.2, -0.15) is 18.4 Å². The summed E-state index contributed by atoms with van der Waals surface area (Å²) in [7, 11) is -3.66. The maximum atomic E-state index is 12.0. The summed E-state index contributed by atoms with van der Waals surface area (Å²) in [5.74, 6) is 0. The molecule has 1 aromatic heterocycles. The van der Waals surface area contributed by atoms with Crippen LogP contribution in [0.15, 0.2) is 52.7 Å². The van der Waals surface area contributed by atoms with Gasteiger partial charge in [-0.15, -0.1) is 0 Å². The Hall–Kier alpha value is -2.28. The lowest BCUT2D eigenvalue weighted by Crippen LogP contribution is -2.20. The quantitative estimate of drug-likeness (QED) is 0.683. The van der Waals surface area contributed by atoms with Gasteiger partial charge in [0, 0.05) is 12.4 Å². The van der Waals surface area contributed by atoms with Crippen molar-refractivity contribution in [3.05, 3.63) is 54.1 Å². The number of hydrogen-bond acceptors (Lipinski definition) is 5. The van der Waals surface area contributed by atoms with E-state index in [1.807, 2.05) is 0 Å². The van der Waals surface area contributed by atoms with Crippen molar-refractivity contribution in [1.82, 2.24) is 14.8 Å². The molecule has 6 nitrogen and oxygen atoms in total. The number of hydrazone groups is 1. The molecule has 0 aliphatic heterocycles. The number of aryl methyl sites for hydroxylation is 1. The minimum absolute atomic E-state index is 0.160. The van der Waals surface area contributed by atoms with Crippen LogP contribution in [-0.4, -0.2) is 24.1 Å². The maximum Gasteiger partial charge on any atom is 0.276 e. The Morgan fingerprint density at radius 3 is 2.45 bits per heavy atom. The van der Waals surface area contributed by atoms with Gasteiger partial charge in [0.1, 0.15) is 5.69 Å². The topological polar surface area (TPSA) is 84.3 Å². The van der Waals surface area contributed by atoms with Crippen molar-refractivity contribution in [3.8, 4) is 0 Å². The molecule has 1 N–H and O–H groups in total. The van der Waals surface area contributed by atoms with Gasteiger partial charge >= 0.3 is 0 Å². The van der Waals surface area contributed by atoms with E-state index in [-0.39, 0.29) is 4.90 Å². The van der Waals surface area contributed by atoms with E-state index >= 15 is 0 Å². The normalized spacial score (nSPS) is 12.2. The van der Waals surface area contributed by atoms with Crippen LogP contribution >= 0.6 is 0 Å². The Morgan fingerprint density at radius 2 is 1.80 bits per heavy atom. The smallest absolute Gasteiger partial charge is 0.258 e. The lowest BCUT2D eigenvalue weighted by atomic mass is 10.2. The van der Waals surface area contributed by atoms with Crippen LogP contribution in [0.25, 0.3) is 0 Å². The van der Waals surface area contributed by atoms with Gasteiger partial charge in [-0.05, 0) is 26.0 Å². The van der Waals surface area contributed by atoms with E-state index in [1.165, 1.54) is 18.3 Å². The molecule has 7 heteroatoms. The number of sulfonamides is 1. The molecular formula is C13H14N4O2S. The first kappa shape index (κ1) is 14.1. The fourth-order valence-corrected chi connectivity index (χ4v) is 2.47. The number of rotatable bonds is 4. The van der Waals surface area contributed by atoms with Gasteiger partial charge in [0.2, 0.25) is 0 Å². The highest BCUT2D eigenvalue weighted by molar-refractivity contribution is 7.89. The van der Waals surface area contributed by atoms with E-state index in [9.17, 15) is 8.42 Å². The Kier molecular flexibility index (Phi) is 4.09. The number of benzene rings is 1. The largest absolute Gasteiger partial charge is 0.276 e. The zero-order valence-corrected chi connectivity index (χ0v) is 11.9. The predicted molar refractivity (Wildman–Crippen MR) is 75.7 cm³/mol. The molecule has 0 saturated heterocycles. The van der Waals surface area contributed by atoms with Gasteiger partial charge in [-0.3, -0.25) is 9.97 Å². The van der Waals surface area contributed by atoms with Crippen molar-refractivity contribution in [2.24, 2.45) is 5.10 Å². The monoisotopic (exact) mass is 290 g/mol. The Bertz CT molecular complexity index is 727. The van der Waals surface area contributed by atoms with Crippen molar-refractivity contribution in [2.45, 2.75) is 18.7 Å². The Labute approximate surface area is 117 Å².